The Labute approximate surface area is 133 Å². The number of urea groups is 1. The molecule has 0 spiro atoms. The summed E-state index contributed by atoms with van der Waals surface area (Å²) < 4.78 is 0. The Bertz CT molecular complexity index is 515. The Hall–Kier alpha value is -0.950. The third kappa shape index (κ3) is 4.03. The van der Waals surface area contributed by atoms with E-state index >= 15 is 0 Å². The summed E-state index contributed by atoms with van der Waals surface area (Å²) in [7, 11) is 0. The molecule has 2 amide bonds. The van der Waals surface area contributed by atoms with Gasteiger partial charge in [-0.15, -0.1) is 11.8 Å². The Morgan fingerprint density at radius 1 is 1.57 bits per heavy atom. The van der Waals surface area contributed by atoms with Crippen molar-refractivity contribution in [3.05, 3.63) is 23.2 Å². The smallest absolute Gasteiger partial charge is 0.322 e. The zero-order chi connectivity index (χ0) is 15.4. The lowest BCUT2D eigenvalue weighted by atomic mass is 10.2. The van der Waals surface area contributed by atoms with Crippen molar-refractivity contribution >= 4 is 35.1 Å². The topological polar surface area (TPSA) is 72.8 Å². The summed E-state index contributed by atoms with van der Waals surface area (Å²) in [6, 6.07) is 4.69. The maximum Gasteiger partial charge on any atom is 0.322 e. The normalized spacial score (nSPS) is 21.6. The average Bonchev–Trinajstić information content (AvgIpc) is 2.83. The molecule has 1 aliphatic rings. The summed E-state index contributed by atoms with van der Waals surface area (Å²) in [6.07, 6.45) is -0.188. The molecule has 116 valence electrons. The second kappa shape index (κ2) is 7.35. The maximum absolute atomic E-state index is 12.3. The first kappa shape index (κ1) is 16.4. The van der Waals surface area contributed by atoms with Crippen LogP contribution in [0, 0.1) is 0 Å². The summed E-state index contributed by atoms with van der Waals surface area (Å²) in [6.45, 7) is 2.11. The highest BCUT2D eigenvalue weighted by molar-refractivity contribution is 7.99. The van der Waals surface area contributed by atoms with Crippen molar-refractivity contribution in [2.75, 3.05) is 24.2 Å². The second-order valence-electron chi connectivity index (χ2n) is 4.88. The van der Waals surface area contributed by atoms with Crippen LogP contribution in [0.3, 0.4) is 0 Å². The highest BCUT2D eigenvalue weighted by atomic mass is 35.5. The number of amides is 2. The fraction of sp³-hybridized carbons (Fsp3) is 0.500. The molecule has 1 heterocycles. The second-order valence-corrected chi connectivity index (χ2v) is 6.62. The number of aliphatic hydroxyl groups is 2. The van der Waals surface area contributed by atoms with Gasteiger partial charge in [0.15, 0.2) is 0 Å². The van der Waals surface area contributed by atoms with Gasteiger partial charge in [-0.25, -0.2) is 4.79 Å². The minimum Gasteiger partial charge on any atom is -0.394 e. The largest absolute Gasteiger partial charge is 0.394 e. The molecule has 0 aromatic heterocycles. The molecule has 1 aliphatic heterocycles. The maximum atomic E-state index is 12.3. The standard InChI is InChI=1S/C14H19ClN2O3S/c1-2-21-13-4-3-9(15)5-12(13)16-14(20)17-7-11(19)6-10(17)8-18/h3-5,10-11,18-19H,2,6-8H2,1H3,(H,16,20)/t10-,11+/m0/s1. The van der Waals surface area contributed by atoms with Crippen molar-refractivity contribution in [1.82, 2.24) is 4.90 Å². The van der Waals surface area contributed by atoms with Crippen LogP contribution in [0.4, 0.5) is 10.5 Å². The fourth-order valence-electron chi connectivity index (χ4n) is 2.38. The van der Waals surface area contributed by atoms with Crippen molar-refractivity contribution < 1.29 is 15.0 Å². The van der Waals surface area contributed by atoms with E-state index in [0.29, 0.717) is 17.1 Å². The van der Waals surface area contributed by atoms with Crippen molar-refractivity contribution in [3.8, 4) is 0 Å². The van der Waals surface area contributed by atoms with E-state index in [1.807, 2.05) is 13.0 Å². The Kier molecular flexibility index (Phi) is 5.75. The van der Waals surface area contributed by atoms with E-state index in [4.69, 9.17) is 11.6 Å². The molecule has 21 heavy (non-hydrogen) atoms. The lowest BCUT2D eigenvalue weighted by Crippen LogP contribution is -2.40. The van der Waals surface area contributed by atoms with E-state index in [9.17, 15) is 15.0 Å². The van der Waals surface area contributed by atoms with Gasteiger partial charge in [-0.2, -0.15) is 0 Å². The van der Waals surface area contributed by atoms with Gasteiger partial charge in [-0.05, 0) is 30.4 Å². The van der Waals surface area contributed by atoms with Gasteiger partial charge in [-0.1, -0.05) is 18.5 Å². The van der Waals surface area contributed by atoms with Gasteiger partial charge in [0.05, 0.1) is 24.4 Å². The van der Waals surface area contributed by atoms with Gasteiger partial charge in [0.25, 0.3) is 0 Å². The highest BCUT2D eigenvalue weighted by Gasteiger charge is 2.34. The number of β-amino-alcohol motifs (C(OH)–C–C–N with tert-alkyl or cyclic N) is 1. The predicted molar refractivity (Wildman–Crippen MR) is 85.1 cm³/mol. The minimum atomic E-state index is -0.586. The molecule has 0 saturated carbocycles. The number of nitrogens with zero attached hydrogens (tertiary/aromatic N) is 1. The summed E-state index contributed by atoms with van der Waals surface area (Å²) in [5.74, 6) is 0.881. The zero-order valence-electron chi connectivity index (χ0n) is 11.8. The van der Waals surface area contributed by atoms with Gasteiger partial charge in [-0.3, -0.25) is 0 Å². The van der Waals surface area contributed by atoms with E-state index in [2.05, 4.69) is 5.32 Å². The minimum absolute atomic E-state index is 0.156. The Balaban J connectivity index is 2.13. The van der Waals surface area contributed by atoms with Gasteiger partial charge in [0.1, 0.15) is 0 Å². The number of hydrogen-bond acceptors (Lipinski definition) is 4. The van der Waals surface area contributed by atoms with E-state index in [1.54, 1.807) is 23.9 Å². The summed E-state index contributed by atoms with van der Waals surface area (Å²) in [5, 5.41) is 22.3. The van der Waals surface area contributed by atoms with Crippen molar-refractivity contribution in [1.29, 1.82) is 0 Å². The number of rotatable bonds is 4. The van der Waals surface area contributed by atoms with Crippen molar-refractivity contribution in [2.45, 2.75) is 30.4 Å². The number of carbonyl (C=O) groups excluding carboxylic acids is 1. The van der Waals surface area contributed by atoms with Crippen LogP contribution in [0.1, 0.15) is 13.3 Å². The van der Waals surface area contributed by atoms with Gasteiger partial charge in [0.2, 0.25) is 0 Å². The number of benzene rings is 1. The van der Waals surface area contributed by atoms with Crippen LogP contribution >= 0.6 is 23.4 Å². The van der Waals surface area contributed by atoms with E-state index in [1.165, 1.54) is 4.90 Å². The first-order valence-electron chi connectivity index (χ1n) is 6.84. The zero-order valence-corrected chi connectivity index (χ0v) is 13.3. The lowest BCUT2D eigenvalue weighted by Gasteiger charge is -2.23. The summed E-state index contributed by atoms with van der Waals surface area (Å²) >= 11 is 7.60. The third-order valence-electron chi connectivity index (χ3n) is 3.35. The number of aliphatic hydroxyl groups excluding tert-OH is 2. The monoisotopic (exact) mass is 330 g/mol. The molecule has 0 unspecified atom stereocenters. The van der Waals surface area contributed by atoms with Crippen molar-refractivity contribution in [2.24, 2.45) is 0 Å². The third-order valence-corrected chi connectivity index (χ3v) is 4.54. The molecule has 1 aromatic rings. The number of likely N-dealkylation sites (tertiary alicyclic amines) is 1. The molecule has 0 bridgehead atoms. The molecule has 1 aromatic carbocycles. The Morgan fingerprint density at radius 2 is 2.33 bits per heavy atom. The number of halogens is 1. The molecule has 2 atom stereocenters. The van der Waals surface area contributed by atoms with Gasteiger partial charge >= 0.3 is 6.03 Å². The molecular formula is C14H19ClN2O3S. The molecule has 3 N–H and O–H groups in total. The van der Waals surface area contributed by atoms with E-state index in [0.717, 1.165) is 10.6 Å². The van der Waals surface area contributed by atoms with Crippen LogP contribution in [-0.2, 0) is 0 Å². The van der Waals surface area contributed by atoms with Crippen LogP contribution < -0.4 is 5.32 Å². The van der Waals surface area contributed by atoms with E-state index < -0.39 is 6.10 Å². The molecule has 1 fully saturated rings. The number of hydrogen-bond donors (Lipinski definition) is 3. The average molecular weight is 331 g/mol. The highest BCUT2D eigenvalue weighted by Crippen LogP contribution is 2.30. The quantitative estimate of drug-likeness (QED) is 0.741. The lowest BCUT2D eigenvalue weighted by molar-refractivity contribution is 0.164. The molecule has 0 radical (unpaired) electrons. The SMILES string of the molecule is CCSc1ccc(Cl)cc1NC(=O)N1C[C@H](O)C[C@H]1CO. The van der Waals surface area contributed by atoms with Gasteiger partial charge in [0, 0.05) is 16.5 Å². The first-order valence-corrected chi connectivity index (χ1v) is 8.20. The van der Waals surface area contributed by atoms with Crippen LogP contribution in [0.5, 0.6) is 0 Å². The van der Waals surface area contributed by atoms with Crippen LogP contribution in [-0.4, -0.2) is 52.2 Å². The molecule has 2 rings (SSSR count). The molecule has 1 saturated heterocycles. The number of thioether (sulfide) groups is 1. The predicted octanol–water partition coefficient (Wildman–Crippen LogP) is 2.41. The van der Waals surface area contributed by atoms with Gasteiger partial charge < -0.3 is 20.4 Å². The molecule has 7 heteroatoms. The molecule has 5 nitrogen and oxygen atoms in total. The summed E-state index contributed by atoms with van der Waals surface area (Å²) in [5.41, 5.74) is 0.650. The first-order chi connectivity index (χ1) is 10.0. The van der Waals surface area contributed by atoms with Crippen LogP contribution in [0.25, 0.3) is 0 Å². The number of nitrogens with one attached hydrogen (secondary N) is 1. The van der Waals surface area contributed by atoms with Crippen LogP contribution in [0.15, 0.2) is 23.1 Å². The van der Waals surface area contributed by atoms with Crippen LogP contribution in [0.2, 0.25) is 5.02 Å². The van der Waals surface area contributed by atoms with Crippen molar-refractivity contribution in [3.63, 3.8) is 0 Å². The Morgan fingerprint density at radius 3 is 3.00 bits per heavy atom. The van der Waals surface area contributed by atoms with E-state index in [-0.39, 0.29) is 25.2 Å². The number of carbonyl (C=O) groups is 1. The molecular weight excluding hydrogens is 312 g/mol. The summed E-state index contributed by atoms with van der Waals surface area (Å²) in [4.78, 5) is 14.7. The molecule has 0 aliphatic carbocycles. The fourth-order valence-corrected chi connectivity index (χ4v) is 3.29. The number of anilines is 1.